The third kappa shape index (κ3) is 5.38. The Morgan fingerprint density at radius 3 is 2.19 bits per heavy atom. The quantitative estimate of drug-likeness (QED) is 0.709. The lowest BCUT2D eigenvalue weighted by molar-refractivity contribution is -0.124. The van der Waals surface area contributed by atoms with E-state index in [2.05, 4.69) is 26.6 Å². The summed E-state index contributed by atoms with van der Waals surface area (Å²) in [5.74, 6) is -0.911. The number of halogens is 2. The first-order valence-corrected chi connectivity index (χ1v) is 9.81. The summed E-state index contributed by atoms with van der Waals surface area (Å²) in [7, 11) is 0. The summed E-state index contributed by atoms with van der Waals surface area (Å²) in [4.78, 5) is 25.4. The van der Waals surface area contributed by atoms with Crippen molar-refractivity contribution in [3.63, 3.8) is 0 Å². The lowest BCUT2D eigenvalue weighted by atomic mass is 9.82. The number of nitrogens with one attached hydrogen (secondary N) is 2. The van der Waals surface area contributed by atoms with Gasteiger partial charge in [-0.05, 0) is 58.1 Å². The fraction of sp³-hybridized carbons (Fsp3) is 0.368. The monoisotopic (exact) mass is 440 g/mol. The van der Waals surface area contributed by atoms with Crippen LogP contribution in [0.2, 0.25) is 0 Å². The summed E-state index contributed by atoms with van der Waals surface area (Å²) in [6.45, 7) is 7.62. The van der Waals surface area contributed by atoms with Crippen LogP contribution in [0, 0.1) is 11.2 Å². The minimum atomic E-state index is -0.700. The van der Waals surface area contributed by atoms with Gasteiger partial charge < -0.3 is 10.6 Å². The maximum atomic E-state index is 13.2. The van der Waals surface area contributed by atoms with Crippen molar-refractivity contribution in [3.05, 3.63) is 56.4 Å². The molecule has 2 amide bonds. The molecule has 1 heterocycles. The zero-order valence-corrected chi connectivity index (χ0v) is 17.5. The molecule has 4 nitrogen and oxygen atoms in total. The van der Waals surface area contributed by atoms with Crippen molar-refractivity contribution in [1.82, 2.24) is 10.6 Å². The van der Waals surface area contributed by atoms with Crippen LogP contribution in [0.1, 0.15) is 49.0 Å². The van der Waals surface area contributed by atoms with E-state index in [0.29, 0.717) is 4.88 Å². The van der Waals surface area contributed by atoms with Crippen molar-refractivity contribution in [3.8, 4) is 0 Å². The largest absolute Gasteiger partial charge is 0.347 e. The Morgan fingerprint density at radius 2 is 1.69 bits per heavy atom. The average Bonchev–Trinajstić information content (AvgIpc) is 2.99. The van der Waals surface area contributed by atoms with E-state index >= 15 is 0 Å². The highest BCUT2D eigenvalue weighted by atomic mass is 79.9. The smallest absolute Gasteiger partial charge is 0.262 e. The molecule has 2 N–H and O–H groups in total. The van der Waals surface area contributed by atoms with Gasteiger partial charge in [-0.25, -0.2) is 4.39 Å². The van der Waals surface area contributed by atoms with Gasteiger partial charge in [-0.15, -0.1) is 11.3 Å². The molecule has 2 unspecified atom stereocenters. The highest BCUT2D eigenvalue weighted by Gasteiger charge is 2.29. The third-order valence-corrected chi connectivity index (χ3v) is 5.52. The number of thiophene rings is 1. The van der Waals surface area contributed by atoms with Gasteiger partial charge in [0.25, 0.3) is 5.91 Å². The first-order chi connectivity index (χ1) is 12.1. The molecule has 0 aliphatic carbocycles. The molecule has 0 bridgehead atoms. The van der Waals surface area contributed by atoms with Crippen molar-refractivity contribution in [2.24, 2.45) is 5.41 Å². The van der Waals surface area contributed by atoms with Crippen LogP contribution in [0.3, 0.4) is 0 Å². The Morgan fingerprint density at radius 1 is 1.08 bits per heavy atom. The lowest BCUT2D eigenvalue weighted by Gasteiger charge is -2.33. The number of hydrogen-bond acceptors (Lipinski definition) is 3. The van der Waals surface area contributed by atoms with Gasteiger partial charge in [0.15, 0.2) is 0 Å². The predicted octanol–water partition coefficient (Wildman–Crippen LogP) is 4.67. The SMILES string of the molecule is CC(NC(=O)c1ccc(Br)s1)C(=O)NC(c1ccc(F)cc1)C(C)(C)C. The first-order valence-electron chi connectivity index (χ1n) is 8.20. The molecule has 0 aliphatic heterocycles. The van der Waals surface area contributed by atoms with Crippen molar-refractivity contribution in [2.45, 2.75) is 39.8 Å². The van der Waals surface area contributed by atoms with E-state index in [1.165, 1.54) is 23.5 Å². The van der Waals surface area contributed by atoms with Gasteiger partial charge in [-0.3, -0.25) is 9.59 Å². The maximum absolute atomic E-state index is 13.2. The Kier molecular flexibility index (Phi) is 6.58. The van der Waals surface area contributed by atoms with Crippen molar-refractivity contribution in [1.29, 1.82) is 0 Å². The van der Waals surface area contributed by atoms with Crippen LogP contribution in [0.25, 0.3) is 0 Å². The van der Waals surface area contributed by atoms with E-state index in [9.17, 15) is 14.0 Å². The van der Waals surface area contributed by atoms with E-state index < -0.39 is 6.04 Å². The highest BCUT2D eigenvalue weighted by molar-refractivity contribution is 9.11. The molecule has 1 aromatic carbocycles. The standard InChI is InChI=1S/C19H22BrFN2O2S/c1-11(22-18(25)14-9-10-15(20)26-14)17(24)23-16(19(2,3)4)12-5-7-13(21)8-6-12/h5-11,16H,1-4H3,(H,22,25)(H,23,24). The Bertz CT molecular complexity index is 784. The number of hydrogen-bond donors (Lipinski definition) is 2. The van der Waals surface area contributed by atoms with E-state index in [1.807, 2.05) is 20.8 Å². The molecule has 2 aromatic rings. The molecule has 2 rings (SSSR count). The van der Waals surface area contributed by atoms with E-state index in [-0.39, 0.29) is 29.1 Å². The van der Waals surface area contributed by atoms with Gasteiger partial charge in [-0.1, -0.05) is 32.9 Å². The molecule has 0 saturated heterocycles. The summed E-state index contributed by atoms with van der Waals surface area (Å²) in [5.41, 5.74) is 0.531. The van der Waals surface area contributed by atoms with Gasteiger partial charge in [0.2, 0.25) is 5.91 Å². The lowest BCUT2D eigenvalue weighted by Crippen LogP contribution is -2.47. The second kappa shape index (κ2) is 8.31. The molecule has 0 fully saturated rings. The molecule has 7 heteroatoms. The van der Waals surface area contributed by atoms with E-state index in [1.54, 1.807) is 31.2 Å². The van der Waals surface area contributed by atoms with Crippen LogP contribution >= 0.6 is 27.3 Å². The second-order valence-electron chi connectivity index (χ2n) is 7.16. The van der Waals surface area contributed by atoms with Crippen LogP contribution in [0.5, 0.6) is 0 Å². The molecule has 2 atom stereocenters. The van der Waals surface area contributed by atoms with Gasteiger partial charge in [0.05, 0.1) is 14.7 Å². The van der Waals surface area contributed by atoms with Crippen molar-refractivity contribution >= 4 is 39.1 Å². The number of rotatable bonds is 5. The normalized spacial score (nSPS) is 13.8. The van der Waals surface area contributed by atoms with Gasteiger partial charge in [-0.2, -0.15) is 0 Å². The predicted molar refractivity (Wildman–Crippen MR) is 106 cm³/mol. The molecule has 0 aliphatic rings. The molecular formula is C19H22BrFN2O2S. The number of carbonyl (C=O) groups is 2. The minimum absolute atomic E-state index is 0.282. The summed E-state index contributed by atoms with van der Waals surface area (Å²) in [5, 5.41) is 5.68. The van der Waals surface area contributed by atoms with Gasteiger partial charge in [0, 0.05) is 0 Å². The van der Waals surface area contributed by atoms with Crippen LogP contribution in [0.15, 0.2) is 40.2 Å². The number of amides is 2. The van der Waals surface area contributed by atoms with Crippen LogP contribution < -0.4 is 10.6 Å². The molecule has 0 spiro atoms. The zero-order valence-electron chi connectivity index (χ0n) is 15.1. The second-order valence-corrected chi connectivity index (χ2v) is 9.62. The summed E-state index contributed by atoms with van der Waals surface area (Å²) in [6.07, 6.45) is 0. The summed E-state index contributed by atoms with van der Waals surface area (Å²) in [6, 6.07) is 8.55. The molecule has 140 valence electrons. The van der Waals surface area contributed by atoms with Crippen molar-refractivity contribution in [2.75, 3.05) is 0 Å². The molecule has 1 aromatic heterocycles. The minimum Gasteiger partial charge on any atom is -0.347 e. The summed E-state index contributed by atoms with van der Waals surface area (Å²) < 4.78 is 14.1. The van der Waals surface area contributed by atoms with Crippen LogP contribution in [0.4, 0.5) is 4.39 Å². The van der Waals surface area contributed by atoms with Gasteiger partial charge in [0.1, 0.15) is 11.9 Å². The topological polar surface area (TPSA) is 58.2 Å². The van der Waals surface area contributed by atoms with Gasteiger partial charge >= 0.3 is 0 Å². The fourth-order valence-corrected chi connectivity index (χ4v) is 3.78. The first kappa shape index (κ1) is 20.6. The Balaban J connectivity index is 2.08. The molecular weight excluding hydrogens is 419 g/mol. The number of carbonyl (C=O) groups excluding carboxylic acids is 2. The zero-order chi connectivity index (χ0) is 19.5. The van der Waals surface area contributed by atoms with E-state index in [0.717, 1.165) is 9.35 Å². The fourth-order valence-electron chi connectivity index (χ4n) is 2.49. The molecule has 0 saturated carbocycles. The highest BCUT2D eigenvalue weighted by Crippen LogP contribution is 2.33. The molecule has 0 radical (unpaired) electrons. The van der Waals surface area contributed by atoms with Crippen LogP contribution in [-0.2, 0) is 4.79 Å². The maximum Gasteiger partial charge on any atom is 0.262 e. The third-order valence-electron chi connectivity index (χ3n) is 3.89. The Hall–Kier alpha value is -1.73. The molecule has 26 heavy (non-hydrogen) atoms. The van der Waals surface area contributed by atoms with Crippen molar-refractivity contribution < 1.29 is 14.0 Å². The van der Waals surface area contributed by atoms with E-state index in [4.69, 9.17) is 0 Å². The summed E-state index contributed by atoms with van der Waals surface area (Å²) >= 11 is 4.62. The van der Waals surface area contributed by atoms with Crippen LogP contribution in [-0.4, -0.2) is 17.9 Å². The average molecular weight is 441 g/mol. The number of benzene rings is 1. The Labute approximate surface area is 165 Å².